The Labute approximate surface area is 272 Å². The summed E-state index contributed by atoms with van der Waals surface area (Å²) in [6, 6.07) is 0. The lowest BCUT2D eigenvalue weighted by atomic mass is 9.33. The number of allylic oxidation sites excluding steroid dienone is 2. The maximum Gasteiger partial charge on any atom is 0.338 e. The van der Waals surface area contributed by atoms with Gasteiger partial charge >= 0.3 is 11.9 Å². The highest BCUT2D eigenvalue weighted by Gasteiger charge is 2.70. The Morgan fingerprint density at radius 3 is 2.13 bits per heavy atom. The van der Waals surface area contributed by atoms with E-state index in [9.17, 15) is 39.9 Å². The zero-order chi connectivity index (χ0) is 34.4. The number of fused-ring (bicyclic) bond motifs is 7. The summed E-state index contributed by atoms with van der Waals surface area (Å²) in [7, 11) is 0. The molecule has 0 amide bonds. The monoisotopic (exact) mass is 648 g/mol. The highest BCUT2D eigenvalue weighted by Crippen LogP contribution is 2.75. The molecule has 46 heavy (non-hydrogen) atoms. The molecule has 0 aromatic heterocycles. The molecule has 10 heteroatoms. The van der Waals surface area contributed by atoms with E-state index in [-0.39, 0.29) is 39.8 Å². The molecule has 0 spiro atoms. The summed E-state index contributed by atoms with van der Waals surface area (Å²) in [6.07, 6.45) is 0.130. The number of rotatable bonds is 7. The van der Waals surface area contributed by atoms with Crippen molar-refractivity contribution in [1.29, 1.82) is 0 Å². The van der Waals surface area contributed by atoms with E-state index in [4.69, 9.17) is 9.84 Å². The van der Waals surface area contributed by atoms with Gasteiger partial charge in [-0.15, -0.1) is 0 Å². The van der Waals surface area contributed by atoms with Crippen molar-refractivity contribution in [3.05, 3.63) is 11.6 Å². The van der Waals surface area contributed by atoms with Crippen molar-refractivity contribution in [3.8, 4) is 0 Å². The van der Waals surface area contributed by atoms with Crippen LogP contribution in [0.25, 0.3) is 0 Å². The van der Waals surface area contributed by atoms with Crippen LogP contribution in [-0.2, 0) is 19.1 Å². The molecule has 10 nitrogen and oxygen atoms in total. The van der Waals surface area contributed by atoms with Gasteiger partial charge in [0.25, 0.3) is 0 Å². The number of hydrogen-bond donors (Lipinski definition) is 6. The number of aliphatic carboxylic acids is 1. The average Bonchev–Trinajstić information content (AvgIpc) is 2.98. The van der Waals surface area contributed by atoms with E-state index in [1.807, 2.05) is 26.8 Å². The van der Waals surface area contributed by atoms with Crippen molar-refractivity contribution in [2.45, 2.75) is 137 Å². The van der Waals surface area contributed by atoms with Crippen molar-refractivity contribution in [2.24, 2.45) is 50.2 Å². The molecule has 0 radical (unpaired) electrons. The van der Waals surface area contributed by atoms with Gasteiger partial charge < -0.3 is 35.4 Å². The molecule has 0 bridgehead atoms. The molecule has 0 saturated heterocycles. The number of hydrogen-bond acceptors (Lipinski definition) is 9. The normalized spacial score (nSPS) is 45.8. The number of carbonyl (C=O) groups is 3. The summed E-state index contributed by atoms with van der Waals surface area (Å²) in [5, 5.41) is 59.6. The van der Waals surface area contributed by atoms with Gasteiger partial charge in [0.05, 0.1) is 12.0 Å². The van der Waals surface area contributed by atoms with Crippen LogP contribution in [0.15, 0.2) is 11.6 Å². The molecule has 5 aliphatic carbocycles. The first-order chi connectivity index (χ1) is 21.1. The van der Waals surface area contributed by atoms with Gasteiger partial charge in [-0.3, -0.25) is 9.59 Å². The molecule has 5 aliphatic rings. The third-order valence-corrected chi connectivity index (χ3v) is 14.8. The van der Waals surface area contributed by atoms with E-state index in [0.717, 1.165) is 37.7 Å². The third-order valence-electron chi connectivity index (χ3n) is 14.8. The number of carboxylic acids is 1. The summed E-state index contributed by atoms with van der Waals surface area (Å²) in [6.45, 7) is 14.2. The first-order valence-electron chi connectivity index (χ1n) is 17.2. The fourth-order valence-corrected chi connectivity index (χ4v) is 11.4. The SMILES string of the molecule is CC1(C)C2CC[C@]3(C)[C@H](C(=O)C=C4[C@H]5C[C@@](C)(C(=O)O)CC[C@]5(C)CC[C@]43C)[C@@]2(C)CC[C@@H]1OC(=O)[C@@H](O)[C@@H](O)[C@H](O)[C@H](O)CO. The molecular formula is C36H56O10. The third kappa shape index (κ3) is 4.94. The highest BCUT2D eigenvalue weighted by atomic mass is 16.6. The van der Waals surface area contributed by atoms with E-state index in [2.05, 4.69) is 27.7 Å². The molecule has 4 saturated carbocycles. The maximum atomic E-state index is 14.5. The van der Waals surface area contributed by atoms with Crippen LogP contribution in [0.4, 0.5) is 0 Å². The fraction of sp³-hybridized carbons (Fsp3) is 0.861. The first kappa shape index (κ1) is 35.5. The second-order valence-corrected chi connectivity index (χ2v) is 17.5. The number of ketones is 1. The standard InChI is InChI=1S/C36H56O10/c1-31(2)23-8-11-36(7)28(34(23,5)10-9-24(31)46-29(43)27(42)26(41)25(40)22(39)18-37)21(38)16-19-20-17-33(4,30(44)45)13-12-32(20,3)14-15-35(19,36)6/h16,20,22-28,37,39-42H,8-15,17-18H2,1-7H3,(H,44,45)/t20-,22-,23?,24+,25-,26+,27+,28-,32-,33+,34+,35-,36-/m1/s1. The van der Waals surface area contributed by atoms with Crippen LogP contribution in [0.2, 0.25) is 0 Å². The number of aliphatic hydroxyl groups excluding tert-OH is 5. The van der Waals surface area contributed by atoms with Crippen LogP contribution >= 0.6 is 0 Å². The van der Waals surface area contributed by atoms with Crippen LogP contribution in [0.3, 0.4) is 0 Å². The van der Waals surface area contributed by atoms with Crippen molar-refractivity contribution in [2.75, 3.05) is 6.61 Å². The summed E-state index contributed by atoms with van der Waals surface area (Å²) in [4.78, 5) is 39.9. The van der Waals surface area contributed by atoms with E-state index < -0.39 is 65.3 Å². The lowest BCUT2D eigenvalue weighted by molar-refractivity contribution is -0.217. The Hall–Kier alpha value is -1.85. The second kappa shape index (κ2) is 11.4. The minimum Gasteiger partial charge on any atom is -0.481 e. The number of ether oxygens (including phenoxy) is 1. The maximum absolute atomic E-state index is 14.5. The molecule has 0 aromatic carbocycles. The van der Waals surface area contributed by atoms with E-state index in [0.29, 0.717) is 25.7 Å². The number of esters is 1. The summed E-state index contributed by atoms with van der Waals surface area (Å²) in [5.74, 6) is -1.96. The minimum absolute atomic E-state index is 0.00910. The minimum atomic E-state index is -2.11. The molecule has 5 rings (SSSR count). The smallest absolute Gasteiger partial charge is 0.338 e. The van der Waals surface area contributed by atoms with Crippen molar-refractivity contribution >= 4 is 17.7 Å². The lowest BCUT2D eigenvalue weighted by Gasteiger charge is -2.70. The van der Waals surface area contributed by atoms with Crippen molar-refractivity contribution < 1.29 is 49.8 Å². The predicted molar refractivity (Wildman–Crippen MR) is 168 cm³/mol. The van der Waals surface area contributed by atoms with E-state index >= 15 is 0 Å². The quantitative estimate of drug-likeness (QED) is 0.224. The van der Waals surface area contributed by atoms with Gasteiger partial charge in [-0.2, -0.15) is 0 Å². The zero-order valence-electron chi connectivity index (χ0n) is 28.6. The van der Waals surface area contributed by atoms with Crippen LogP contribution in [0.5, 0.6) is 0 Å². The van der Waals surface area contributed by atoms with E-state index in [1.165, 1.54) is 0 Å². The average molecular weight is 649 g/mol. The fourth-order valence-electron chi connectivity index (χ4n) is 11.4. The van der Waals surface area contributed by atoms with Crippen LogP contribution in [0, 0.1) is 50.2 Å². The lowest BCUT2D eigenvalue weighted by Crippen LogP contribution is -2.67. The first-order valence-corrected chi connectivity index (χ1v) is 17.2. The molecule has 1 unspecified atom stereocenters. The van der Waals surface area contributed by atoms with Gasteiger partial charge in [0.1, 0.15) is 24.4 Å². The Kier molecular flexibility index (Phi) is 8.76. The molecular weight excluding hydrogens is 592 g/mol. The Morgan fingerprint density at radius 2 is 1.52 bits per heavy atom. The van der Waals surface area contributed by atoms with Gasteiger partial charge in [0.2, 0.25) is 0 Å². The highest BCUT2D eigenvalue weighted by molar-refractivity contribution is 5.95. The van der Waals surface area contributed by atoms with Gasteiger partial charge in [-0.25, -0.2) is 4.79 Å². The summed E-state index contributed by atoms with van der Waals surface area (Å²) in [5.41, 5.74) is -1.25. The second-order valence-electron chi connectivity index (χ2n) is 17.5. The van der Waals surface area contributed by atoms with Crippen molar-refractivity contribution in [3.63, 3.8) is 0 Å². The molecule has 6 N–H and O–H groups in total. The number of aliphatic hydroxyl groups is 5. The van der Waals surface area contributed by atoms with Gasteiger partial charge in [-0.1, -0.05) is 47.1 Å². The topological polar surface area (TPSA) is 182 Å². The Bertz CT molecular complexity index is 1290. The van der Waals surface area contributed by atoms with Crippen LogP contribution < -0.4 is 0 Å². The number of carboxylic acid groups (broad SMARTS) is 1. The summed E-state index contributed by atoms with van der Waals surface area (Å²) >= 11 is 0. The van der Waals surface area contributed by atoms with E-state index in [1.54, 1.807) is 0 Å². The summed E-state index contributed by atoms with van der Waals surface area (Å²) < 4.78 is 5.80. The Morgan fingerprint density at radius 1 is 0.891 bits per heavy atom. The zero-order valence-corrected chi connectivity index (χ0v) is 28.6. The molecule has 260 valence electrons. The molecule has 0 aromatic rings. The molecule has 4 fully saturated rings. The Balaban J connectivity index is 1.43. The van der Waals surface area contributed by atoms with Gasteiger partial charge in [0, 0.05) is 11.3 Å². The van der Waals surface area contributed by atoms with Crippen LogP contribution in [0.1, 0.15) is 106 Å². The van der Waals surface area contributed by atoms with Crippen LogP contribution in [-0.4, -0.2) is 85.5 Å². The number of carbonyl (C=O) groups excluding carboxylic acids is 2. The molecule has 13 atom stereocenters. The largest absolute Gasteiger partial charge is 0.481 e. The van der Waals surface area contributed by atoms with Crippen molar-refractivity contribution in [1.82, 2.24) is 0 Å². The van der Waals surface area contributed by atoms with Gasteiger partial charge in [0.15, 0.2) is 11.9 Å². The van der Waals surface area contributed by atoms with Gasteiger partial charge in [-0.05, 0) is 104 Å². The predicted octanol–water partition coefficient (Wildman–Crippen LogP) is 3.40. The molecule has 0 heterocycles. The molecule has 0 aliphatic heterocycles.